The van der Waals surface area contributed by atoms with Crippen molar-refractivity contribution in [3.8, 4) is 0 Å². The standard InChI is InChI=1S/C14H18F2O/c15-12-6-5-7-13(16)11(12)10-14(17)8-3-1-2-4-9-14/h5-7,17H,1-4,8-10H2. The summed E-state index contributed by atoms with van der Waals surface area (Å²) in [7, 11) is 0. The fourth-order valence-corrected chi connectivity index (χ4v) is 2.59. The molecule has 0 atom stereocenters. The molecule has 0 heterocycles. The molecule has 0 unspecified atom stereocenters. The summed E-state index contributed by atoms with van der Waals surface area (Å²) in [5, 5.41) is 10.4. The van der Waals surface area contributed by atoms with Gasteiger partial charge in [-0.25, -0.2) is 8.78 Å². The molecule has 1 aliphatic rings. The van der Waals surface area contributed by atoms with Crippen LogP contribution >= 0.6 is 0 Å². The Kier molecular flexibility index (Phi) is 3.77. The van der Waals surface area contributed by atoms with Crippen LogP contribution in [0.3, 0.4) is 0 Å². The molecule has 1 fully saturated rings. The van der Waals surface area contributed by atoms with Crippen molar-refractivity contribution in [1.29, 1.82) is 0 Å². The number of aliphatic hydroxyl groups is 1. The second-order valence-corrected chi connectivity index (χ2v) is 5.02. The summed E-state index contributed by atoms with van der Waals surface area (Å²) in [5.41, 5.74) is -0.906. The summed E-state index contributed by atoms with van der Waals surface area (Å²) in [6.45, 7) is 0. The van der Waals surface area contributed by atoms with Crippen LogP contribution in [0.4, 0.5) is 8.78 Å². The Balaban J connectivity index is 2.18. The Morgan fingerprint density at radius 1 is 1.00 bits per heavy atom. The van der Waals surface area contributed by atoms with E-state index in [2.05, 4.69) is 0 Å². The molecule has 17 heavy (non-hydrogen) atoms. The van der Waals surface area contributed by atoms with Crippen LogP contribution in [0.15, 0.2) is 18.2 Å². The highest BCUT2D eigenvalue weighted by Gasteiger charge is 2.30. The van der Waals surface area contributed by atoms with Crippen LogP contribution < -0.4 is 0 Å². The Bertz CT molecular complexity index is 362. The zero-order valence-electron chi connectivity index (χ0n) is 9.88. The van der Waals surface area contributed by atoms with E-state index in [1.807, 2.05) is 0 Å². The van der Waals surface area contributed by atoms with E-state index in [9.17, 15) is 13.9 Å². The van der Waals surface area contributed by atoms with E-state index in [4.69, 9.17) is 0 Å². The lowest BCUT2D eigenvalue weighted by Crippen LogP contribution is -2.31. The molecule has 2 rings (SSSR count). The summed E-state index contributed by atoms with van der Waals surface area (Å²) in [4.78, 5) is 0. The molecule has 1 nitrogen and oxygen atoms in total. The van der Waals surface area contributed by atoms with E-state index in [1.165, 1.54) is 18.2 Å². The SMILES string of the molecule is OC1(Cc2c(F)cccc2F)CCCCCC1. The largest absolute Gasteiger partial charge is 0.390 e. The molecule has 0 amide bonds. The van der Waals surface area contributed by atoms with Gasteiger partial charge in [-0.05, 0) is 25.0 Å². The van der Waals surface area contributed by atoms with E-state index in [0.29, 0.717) is 12.8 Å². The molecule has 0 radical (unpaired) electrons. The third kappa shape index (κ3) is 3.03. The molecule has 3 heteroatoms. The Morgan fingerprint density at radius 2 is 1.53 bits per heavy atom. The van der Waals surface area contributed by atoms with E-state index in [1.54, 1.807) is 0 Å². The minimum atomic E-state index is -0.931. The molecule has 1 saturated carbocycles. The van der Waals surface area contributed by atoms with Crippen molar-refractivity contribution in [3.63, 3.8) is 0 Å². The van der Waals surface area contributed by atoms with Gasteiger partial charge in [0.25, 0.3) is 0 Å². The van der Waals surface area contributed by atoms with Crippen LogP contribution in [0.2, 0.25) is 0 Å². The van der Waals surface area contributed by atoms with Crippen LogP contribution in [-0.2, 0) is 6.42 Å². The van der Waals surface area contributed by atoms with Crippen molar-refractivity contribution in [3.05, 3.63) is 35.4 Å². The first-order valence-electron chi connectivity index (χ1n) is 6.26. The van der Waals surface area contributed by atoms with Crippen molar-refractivity contribution >= 4 is 0 Å². The average Bonchev–Trinajstić information content (AvgIpc) is 2.49. The molecule has 0 spiro atoms. The molecular weight excluding hydrogens is 222 g/mol. The lowest BCUT2D eigenvalue weighted by atomic mass is 9.87. The smallest absolute Gasteiger partial charge is 0.129 e. The van der Waals surface area contributed by atoms with Crippen molar-refractivity contribution in [2.24, 2.45) is 0 Å². The first kappa shape index (κ1) is 12.5. The summed E-state index contributed by atoms with van der Waals surface area (Å²) in [6, 6.07) is 3.85. The van der Waals surface area contributed by atoms with Gasteiger partial charge >= 0.3 is 0 Å². The van der Waals surface area contributed by atoms with E-state index < -0.39 is 17.2 Å². The van der Waals surface area contributed by atoms with E-state index >= 15 is 0 Å². The topological polar surface area (TPSA) is 20.2 Å². The highest BCUT2D eigenvalue weighted by Crippen LogP contribution is 2.31. The second kappa shape index (κ2) is 5.13. The van der Waals surface area contributed by atoms with Crippen LogP contribution in [0.1, 0.15) is 44.1 Å². The maximum absolute atomic E-state index is 13.5. The van der Waals surface area contributed by atoms with Crippen molar-refractivity contribution < 1.29 is 13.9 Å². The minimum absolute atomic E-state index is 0.0249. The molecule has 1 aliphatic carbocycles. The Labute approximate surface area is 100 Å². The average molecular weight is 240 g/mol. The first-order valence-corrected chi connectivity index (χ1v) is 6.26. The normalized spacial score (nSPS) is 19.9. The molecular formula is C14H18F2O. The van der Waals surface area contributed by atoms with E-state index in [0.717, 1.165) is 25.7 Å². The summed E-state index contributed by atoms with van der Waals surface area (Å²) in [6.07, 6.45) is 5.44. The highest BCUT2D eigenvalue weighted by atomic mass is 19.1. The Hall–Kier alpha value is -0.960. The fourth-order valence-electron chi connectivity index (χ4n) is 2.59. The predicted molar refractivity (Wildman–Crippen MR) is 62.7 cm³/mol. The molecule has 1 N–H and O–H groups in total. The number of halogens is 2. The number of rotatable bonds is 2. The number of hydrogen-bond donors (Lipinski definition) is 1. The molecule has 1 aromatic rings. The monoisotopic (exact) mass is 240 g/mol. The van der Waals surface area contributed by atoms with Gasteiger partial charge in [0.15, 0.2) is 0 Å². The van der Waals surface area contributed by atoms with Gasteiger partial charge in [0.2, 0.25) is 0 Å². The lowest BCUT2D eigenvalue weighted by molar-refractivity contribution is 0.0236. The van der Waals surface area contributed by atoms with Crippen molar-refractivity contribution in [2.75, 3.05) is 0 Å². The zero-order valence-corrected chi connectivity index (χ0v) is 9.88. The summed E-state index contributed by atoms with van der Waals surface area (Å²) in [5.74, 6) is -1.11. The predicted octanol–water partition coefficient (Wildman–Crippen LogP) is 3.59. The molecule has 0 aliphatic heterocycles. The van der Waals surface area contributed by atoms with Crippen LogP contribution in [0.5, 0.6) is 0 Å². The molecule has 0 saturated heterocycles. The lowest BCUT2D eigenvalue weighted by Gasteiger charge is -2.27. The van der Waals surface area contributed by atoms with Crippen LogP contribution in [0.25, 0.3) is 0 Å². The molecule has 0 bridgehead atoms. The number of benzene rings is 1. The highest BCUT2D eigenvalue weighted by molar-refractivity contribution is 5.21. The first-order chi connectivity index (χ1) is 8.11. The Morgan fingerprint density at radius 3 is 2.06 bits per heavy atom. The van der Waals surface area contributed by atoms with E-state index in [-0.39, 0.29) is 12.0 Å². The number of hydrogen-bond acceptors (Lipinski definition) is 1. The van der Waals surface area contributed by atoms with Gasteiger partial charge in [0.05, 0.1) is 5.60 Å². The third-order valence-corrected chi connectivity index (χ3v) is 3.60. The molecule has 94 valence electrons. The van der Waals surface area contributed by atoms with Crippen molar-refractivity contribution in [1.82, 2.24) is 0 Å². The zero-order chi connectivity index (χ0) is 12.3. The van der Waals surface area contributed by atoms with Gasteiger partial charge in [-0.2, -0.15) is 0 Å². The second-order valence-electron chi connectivity index (χ2n) is 5.02. The van der Waals surface area contributed by atoms with Gasteiger partial charge in [0.1, 0.15) is 11.6 Å². The minimum Gasteiger partial charge on any atom is -0.390 e. The maximum Gasteiger partial charge on any atom is 0.129 e. The van der Waals surface area contributed by atoms with Gasteiger partial charge in [0, 0.05) is 12.0 Å². The summed E-state index contributed by atoms with van der Waals surface area (Å²) < 4.78 is 27.1. The van der Waals surface area contributed by atoms with Crippen molar-refractivity contribution in [2.45, 2.75) is 50.5 Å². The van der Waals surface area contributed by atoms with Gasteiger partial charge in [-0.15, -0.1) is 0 Å². The maximum atomic E-state index is 13.5. The van der Waals surface area contributed by atoms with Gasteiger partial charge in [-0.1, -0.05) is 31.7 Å². The third-order valence-electron chi connectivity index (χ3n) is 3.60. The van der Waals surface area contributed by atoms with Crippen LogP contribution in [0, 0.1) is 11.6 Å². The molecule has 0 aromatic heterocycles. The van der Waals surface area contributed by atoms with Crippen LogP contribution in [-0.4, -0.2) is 10.7 Å². The van der Waals surface area contributed by atoms with Gasteiger partial charge < -0.3 is 5.11 Å². The molecule has 1 aromatic carbocycles. The van der Waals surface area contributed by atoms with Gasteiger partial charge in [-0.3, -0.25) is 0 Å². The quantitative estimate of drug-likeness (QED) is 0.783. The summed E-state index contributed by atoms with van der Waals surface area (Å²) >= 11 is 0. The fraction of sp³-hybridized carbons (Fsp3) is 0.571.